The van der Waals surface area contributed by atoms with Gasteiger partial charge in [0.1, 0.15) is 0 Å². The van der Waals surface area contributed by atoms with Crippen LogP contribution in [0.2, 0.25) is 0 Å². The summed E-state index contributed by atoms with van der Waals surface area (Å²) in [7, 11) is 0. The number of amides is 1. The van der Waals surface area contributed by atoms with Gasteiger partial charge >= 0.3 is 0 Å². The number of nitrogens with one attached hydrogen (secondary N) is 1. The maximum absolute atomic E-state index is 12.0. The van der Waals surface area contributed by atoms with Gasteiger partial charge in [-0.25, -0.2) is 9.97 Å². The highest BCUT2D eigenvalue weighted by atomic mass is 32.1. The van der Waals surface area contributed by atoms with Gasteiger partial charge in [-0.1, -0.05) is 13.3 Å². The fourth-order valence-corrected chi connectivity index (χ4v) is 4.18. The number of nitrogens with two attached hydrogens (primary N) is 1. The molecule has 0 saturated carbocycles. The Morgan fingerprint density at radius 2 is 2.16 bits per heavy atom. The molecular formula is C16H24N6OS2. The molecule has 7 nitrogen and oxygen atoms in total. The second kappa shape index (κ2) is 8.70. The van der Waals surface area contributed by atoms with Crippen LogP contribution < -0.4 is 16.0 Å². The van der Waals surface area contributed by atoms with Crippen molar-refractivity contribution in [3.05, 3.63) is 22.7 Å². The van der Waals surface area contributed by atoms with Crippen LogP contribution in [0.25, 0.3) is 0 Å². The monoisotopic (exact) mass is 380 g/mol. The lowest BCUT2D eigenvalue weighted by Gasteiger charge is -2.34. The summed E-state index contributed by atoms with van der Waals surface area (Å²) in [5.74, 6) is -0.153. The van der Waals surface area contributed by atoms with Gasteiger partial charge in [-0.2, -0.15) is 0 Å². The first-order valence-corrected chi connectivity index (χ1v) is 10.3. The van der Waals surface area contributed by atoms with E-state index in [1.54, 1.807) is 11.3 Å². The number of aromatic nitrogens is 2. The molecule has 3 N–H and O–H groups in total. The van der Waals surface area contributed by atoms with Gasteiger partial charge in [0.2, 0.25) is 5.91 Å². The number of rotatable bonds is 7. The quantitative estimate of drug-likeness (QED) is 0.764. The van der Waals surface area contributed by atoms with E-state index in [9.17, 15) is 4.79 Å². The maximum Gasteiger partial charge on any atom is 0.243 e. The number of nitrogens with zero attached hydrogens (tertiary/aromatic N) is 4. The Kier molecular flexibility index (Phi) is 6.35. The van der Waals surface area contributed by atoms with Gasteiger partial charge in [0.25, 0.3) is 0 Å². The third-order valence-corrected chi connectivity index (χ3v) is 5.80. The van der Waals surface area contributed by atoms with Gasteiger partial charge in [-0.15, -0.1) is 22.7 Å². The zero-order chi connectivity index (χ0) is 17.6. The molecule has 1 fully saturated rings. The van der Waals surface area contributed by atoms with Gasteiger partial charge in [0.15, 0.2) is 10.3 Å². The van der Waals surface area contributed by atoms with Crippen molar-refractivity contribution in [2.24, 2.45) is 5.73 Å². The highest BCUT2D eigenvalue weighted by molar-refractivity contribution is 7.14. The first kappa shape index (κ1) is 18.2. The minimum Gasteiger partial charge on any atom is -0.346 e. The van der Waals surface area contributed by atoms with Crippen LogP contribution in [-0.4, -0.2) is 53.0 Å². The molecule has 2 aromatic rings. The molecule has 0 bridgehead atoms. The maximum atomic E-state index is 12.0. The van der Waals surface area contributed by atoms with Crippen LogP contribution in [0.15, 0.2) is 17.0 Å². The number of piperazine rings is 1. The Morgan fingerprint density at radius 3 is 2.84 bits per heavy atom. The molecule has 1 aliphatic rings. The van der Waals surface area contributed by atoms with Crippen LogP contribution in [-0.2, 0) is 11.3 Å². The Bertz CT molecular complexity index is 666. The van der Waals surface area contributed by atoms with E-state index in [0.717, 1.165) is 50.0 Å². The zero-order valence-electron chi connectivity index (χ0n) is 14.4. The van der Waals surface area contributed by atoms with E-state index in [4.69, 9.17) is 5.73 Å². The fourth-order valence-electron chi connectivity index (χ4n) is 2.78. The van der Waals surface area contributed by atoms with Crippen molar-refractivity contribution in [3.8, 4) is 0 Å². The van der Waals surface area contributed by atoms with Crippen LogP contribution in [0.3, 0.4) is 0 Å². The summed E-state index contributed by atoms with van der Waals surface area (Å²) in [6.07, 6.45) is 3.43. The van der Waals surface area contributed by atoms with Crippen molar-refractivity contribution in [1.82, 2.24) is 14.9 Å². The largest absolute Gasteiger partial charge is 0.346 e. The average Bonchev–Trinajstić information content (AvgIpc) is 3.28. The molecule has 136 valence electrons. The van der Waals surface area contributed by atoms with E-state index >= 15 is 0 Å². The molecule has 2 aromatic heterocycles. The Hall–Kier alpha value is -1.55. The summed E-state index contributed by atoms with van der Waals surface area (Å²) >= 11 is 3.14. The molecule has 1 amide bonds. The SMILES string of the molecule is CCCC(N)C(=O)Nc1nc(CN2CCN(c3nccs3)CC2)cs1. The molecule has 3 rings (SSSR count). The number of hydrogen-bond acceptors (Lipinski definition) is 8. The summed E-state index contributed by atoms with van der Waals surface area (Å²) in [4.78, 5) is 25.6. The normalized spacial score (nSPS) is 16.8. The standard InChI is InChI=1S/C16H24N6OS2/c1-2-3-13(17)14(23)20-15-19-12(11-25-15)10-21-5-7-22(8-6-21)16-18-4-9-24-16/h4,9,11,13H,2-3,5-8,10,17H2,1H3,(H,19,20,23). The predicted molar refractivity (Wildman–Crippen MR) is 103 cm³/mol. The predicted octanol–water partition coefficient (Wildman–Crippen LogP) is 1.99. The molecule has 0 aliphatic carbocycles. The van der Waals surface area contributed by atoms with Crippen molar-refractivity contribution in [3.63, 3.8) is 0 Å². The van der Waals surface area contributed by atoms with Crippen molar-refractivity contribution >= 4 is 38.8 Å². The molecule has 0 aromatic carbocycles. The van der Waals surface area contributed by atoms with Crippen LogP contribution in [0.4, 0.5) is 10.3 Å². The molecule has 1 atom stereocenters. The van der Waals surface area contributed by atoms with Crippen molar-refractivity contribution in [1.29, 1.82) is 0 Å². The number of carbonyl (C=O) groups excluding carboxylic acids is 1. The molecule has 1 unspecified atom stereocenters. The second-order valence-electron chi connectivity index (χ2n) is 6.11. The van der Waals surface area contributed by atoms with E-state index in [0.29, 0.717) is 11.6 Å². The molecule has 1 saturated heterocycles. The van der Waals surface area contributed by atoms with Crippen LogP contribution in [0, 0.1) is 0 Å². The lowest BCUT2D eigenvalue weighted by Crippen LogP contribution is -2.46. The molecule has 1 aliphatic heterocycles. The summed E-state index contributed by atoms with van der Waals surface area (Å²) in [5, 5.41) is 8.57. The van der Waals surface area contributed by atoms with Gasteiger partial charge in [0, 0.05) is 49.7 Å². The first-order chi connectivity index (χ1) is 12.2. The van der Waals surface area contributed by atoms with Crippen LogP contribution in [0.1, 0.15) is 25.5 Å². The van der Waals surface area contributed by atoms with Crippen molar-refractivity contribution in [2.75, 3.05) is 36.4 Å². The Balaban J connectivity index is 1.47. The molecule has 3 heterocycles. The topological polar surface area (TPSA) is 87.4 Å². The second-order valence-corrected chi connectivity index (χ2v) is 7.84. The Morgan fingerprint density at radius 1 is 1.36 bits per heavy atom. The zero-order valence-corrected chi connectivity index (χ0v) is 16.0. The summed E-state index contributed by atoms with van der Waals surface area (Å²) in [6.45, 7) is 6.75. The molecule has 0 radical (unpaired) electrons. The number of hydrogen-bond donors (Lipinski definition) is 2. The average molecular weight is 381 g/mol. The molecule has 25 heavy (non-hydrogen) atoms. The van der Waals surface area contributed by atoms with E-state index in [1.165, 1.54) is 11.3 Å². The summed E-state index contributed by atoms with van der Waals surface area (Å²) in [5.41, 5.74) is 6.83. The van der Waals surface area contributed by atoms with E-state index in [1.807, 2.05) is 23.9 Å². The highest BCUT2D eigenvalue weighted by Crippen LogP contribution is 2.21. The minimum absolute atomic E-state index is 0.153. The van der Waals surface area contributed by atoms with E-state index in [2.05, 4.69) is 25.1 Å². The third kappa shape index (κ3) is 4.97. The lowest BCUT2D eigenvalue weighted by atomic mass is 10.2. The number of thiazole rings is 2. The van der Waals surface area contributed by atoms with Crippen molar-refractivity contribution < 1.29 is 4.79 Å². The van der Waals surface area contributed by atoms with Gasteiger partial charge in [-0.05, 0) is 6.42 Å². The van der Waals surface area contributed by atoms with Crippen molar-refractivity contribution in [2.45, 2.75) is 32.4 Å². The molecule has 0 spiro atoms. The van der Waals surface area contributed by atoms with E-state index < -0.39 is 6.04 Å². The lowest BCUT2D eigenvalue weighted by molar-refractivity contribution is -0.117. The first-order valence-electron chi connectivity index (χ1n) is 8.53. The number of anilines is 2. The number of carbonyl (C=O) groups is 1. The fraction of sp³-hybridized carbons (Fsp3) is 0.562. The summed E-state index contributed by atoms with van der Waals surface area (Å²) in [6, 6.07) is -0.462. The van der Waals surface area contributed by atoms with Gasteiger partial charge in [-0.3, -0.25) is 9.69 Å². The van der Waals surface area contributed by atoms with Gasteiger partial charge < -0.3 is 16.0 Å². The van der Waals surface area contributed by atoms with Gasteiger partial charge in [0.05, 0.1) is 11.7 Å². The molecule has 9 heteroatoms. The van der Waals surface area contributed by atoms with Crippen LogP contribution >= 0.6 is 22.7 Å². The Labute approximate surface area is 155 Å². The summed E-state index contributed by atoms with van der Waals surface area (Å²) < 4.78 is 0. The molecular weight excluding hydrogens is 356 g/mol. The van der Waals surface area contributed by atoms with Crippen LogP contribution in [0.5, 0.6) is 0 Å². The smallest absolute Gasteiger partial charge is 0.243 e. The highest BCUT2D eigenvalue weighted by Gasteiger charge is 2.20. The third-order valence-electron chi connectivity index (χ3n) is 4.17. The minimum atomic E-state index is -0.462. The van der Waals surface area contributed by atoms with E-state index in [-0.39, 0.29) is 5.91 Å².